The number of benzene rings is 2. The minimum absolute atomic E-state index is 0.124. The van der Waals surface area contributed by atoms with Crippen molar-refractivity contribution in [2.45, 2.75) is 25.4 Å². The Kier molecular flexibility index (Phi) is 4.40. The van der Waals surface area contributed by atoms with Gasteiger partial charge in [0.1, 0.15) is 18.5 Å². The Hall–Kier alpha value is -2.64. The van der Waals surface area contributed by atoms with Gasteiger partial charge in [0.25, 0.3) is 0 Å². The standard InChI is InChI=1S/C19H17NO3/c20-11-13-4-6-14(7-5-13)19(22)12-23-16-8-9-17-15(10-16)2-1-3-18(17)21/h4-10,19,22H,1-3,12H2. The Morgan fingerprint density at radius 2 is 1.96 bits per heavy atom. The van der Waals surface area contributed by atoms with Gasteiger partial charge in [-0.1, -0.05) is 12.1 Å². The third-order valence-electron chi connectivity index (χ3n) is 4.06. The number of aliphatic hydroxyl groups is 1. The first-order valence-electron chi connectivity index (χ1n) is 7.64. The van der Waals surface area contributed by atoms with E-state index in [-0.39, 0.29) is 12.4 Å². The summed E-state index contributed by atoms with van der Waals surface area (Å²) in [6, 6.07) is 14.3. The summed E-state index contributed by atoms with van der Waals surface area (Å²) >= 11 is 0. The molecule has 0 spiro atoms. The molecule has 1 unspecified atom stereocenters. The lowest BCUT2D eigenvalue weighted by atomic mass is 9.90. The lowest BCUT2D eigenvalue weighted by molar-refractivity contribution is 0.0971. The number of hydrogen-bond donors (Lipinski definition) is 1. The first-order valence-corrected chi connectivity index (χ1v) is 7.64. The maximum absolute atomic E-state index is 11.8. The van der Waals surface area contributed by atoms with E-state index in [0.717, 1.165) is 24.0 Å². The molecular formula is C19H17NO3. The van der Waals surface area contributed by atoms with Crippen molar-refractivity contribution in [3.8, 4) is 11.8 Å². The predicted octanol–water partition coefficient (Wildman–Crippen LogP) is 3.19. The molecule has 1 atom stereocenters. The third kappa shape index (κ3) is 3.41. The summed E-state index contributed by atoms with van der Waals surface area (Å²) in [5.74, 6) is 0.849. The van der Waals surface area contributed by atoms with Gasteiger partial charge >= 0.3 is 0 Å². The van der Waals surface area contributed by atoms with Gasteiger partial charge in [0.2, 0.25) is 0 Å². The molecule has 0 radical (unpaired) electrons. The number of ether oxygens (including phenoxy) is 1. The fraction of sp³-hybridized carbons (Fsp3) is 0.263. The summed E-state index contributed by atoms with van der Waals surface area (Å²) in [6.45, 7) is 0.124. The van der Waals surface area contributed by atoms with Gasteiger partial charge < -0.3 is 9.84 Å². The zero-order valence-corrected chi connectivity index (χ0v) is 12.7. The van der Waals surface area contributed by atoms with E-state index < -0.39 is 6.10 Å². The maximum Gasteiger partial charge on any atom is 0.163 e. The normalized spacial score (nSPS) is 14.7. The second kappa shape index (κ2) is 6.64. The summed E-state index contributed by atoms with van der Waals surface area (Å²) in [6.07, 6.45) is 1.62. The fourth-order valence-electron chi connectivity index (χ4n) is 2.76. The Morgan fingerprint density at radius 3 is 2.70 bits per heavy atom. The van der Waals surface area contributed by atoms with Crippen molar-refractivity contribution in [3.05, 3.63) is 64.7 Å². The lowest BCUT2D eigenvalue weighted by Crippen LogP contribution is -2.12. The summed E-state index contributed by atoms with van der Waals surface area (Å²) in [5.41, 5.74) is 3.07. The van der Waals surface area contributed by atoms with E-state index >= 15 is 0 Å². The van der Waals surface area contributed by atoms with Gasteiger partial charge in [-0.25, -0.2) is 0 Å². The van der Waals surface area contributed by atoms with Crippen LogP contribution in [0.3, 0.4) is 0 Å². The van der Waals surface area contributed by atoms with Crippen LogP contribution in [0, 0.1) is 11.3 Å². The van der Waals surface area contributed by atoms with Gasteiger partial charge in [-0.2, -0.15) is 5.26 Å². The molecule has 2 aromatic rings. The van der Waals surface area contributed by atoms with E-state index in [4.69, 9.17) is 10.00 Å². The molecule has 116 valence electrons. The number of rotatable bonds is 4. The zero-order valence-electron chi connectivity index (χ0n) is 12.7. The number of hydrogen-bond acceptors (Lipinski definition) is 4. The molecule has 1 N–H and O–H groups in total. The molecule has 1 aliphatic carbocycles. The fourth-order valence-corrected chi connectivity index (χ4v) is 2.76. The summed E-state index contributed by atoms with van der Waals surface area (Å²) < 4.78 is 5.65. The molecule has 0 saturated carbocycles. The number of ketones is 1. The monoisotopic (exact) mass is 307 g/mol. The Balaban J connectivity index is 1.65. The van der Waals surface area contributed by atoms with E-state index in [1.165, 1.54) is 0 Å². The number of aryl methyl sites for hydroxylation is 1. The van der Waals surface area contributed by atoms with Crippen LogP contribution >= 0.6 is 0 Å². The first-order chi connectivity index (χ1) is 11.2. The summed E-state index contributed by atoms with van der Waals surface area (Å²) in [7, 11) is 0. The van der Waals surface area contributed by atoms with Crippen molar-refractivity contribution >= 4 is 5.78 Å². The van der Waals surface area contributed by atoms with Crippen LogP contribution in [0.4, 0.5) is 0 Å². The number of carbonyl (C=O) groups excluding carboxylic acids is 1. The Labute approximate surface area is 134 Å². The third-order valence-corrected chi connectivity index (χ3v) is 4.06. The number of fused-ring (bicyclic) bond motifs is 1. The minimum atomic E-state index is -0.764. The van der Waals surface area contributed by atoms with E-state index in [9.17, 15) is 9.90 Å². The van der Waals surface area contributed by atoms with Crippen LogP contribution in [0.1, 0.15) is 46.0 Å². The molecule has 0 aliphatic heterocycles. The lowest BCUT2D eigenvalue weighted by Gasteiger charge is -2.17. The smallest absolute Gasteiger partial charge is 0.163 e. The highest BCUT2D eigenvalue weighted by molar-refractivity contribution is 5.98. The van der Waals surface area contributed by atoms with Crippen molar-refractivity contribution in [2.75, 3.05) is 6.61 Å². The molecule has 4 nitrogen and oxygen atoms in total. The van der Waals surface area contributed by atoms with E-state index in [1.807, 2.05) is 12.1 Å². The maximum atomic E-state index is 11.8. The van der Waals surface area contributed by atoms with E-state index in [1.54, 1.807) is 36.4 Å². The number of aliphatic hydroxyl groups excluding tert-OH is 1. The van der Waals surface area contributed by atoms with Crippen LogP contribution < -0.4 is 4.74 Å². The molecule has 0 fully saturated rings. The number of nitriles is 1. The molecular weight excluding hydrogens is 290 g/mol. The van der Waals surface area contributed by atoms with Gasteiger partial charge in [-0.3, -0.25) is 4.79 Å². The second-order valence-corrected chi connectivity index (χ2v) is 5.66. The molecule has 23 heavy (non-hydrogen) atoms. The molecule has 0 bridgehead atoms. The number of nitrogens with zero attached hydrogens (tertiary/aromatic N) is 1. The first kappa shape index (κ1) is 15.3. The molecule has 0 heterocycles. The van der Waals surface area contributed by atoms with Crippen LogP contribution in [0.2, 0.25) is 0 Å². The molecule has 0 amide bonds. The molecule has 2 aromatic carbocycles. The van der Waals surface area contributed by atoms with Gasteiger partial charge in [0.15, 0.2) is 5.78 Å². The Morgan fingerprint density at radius 1 is 1.17 bits per heavy atom. The SMILES string of the molecule is N#Cc1ccc(C(O)COc2ccc3c(c2)CCCC3=O)cc1. The largest absolute Gasteiger partial charge is 0.491 e. The Bertz CT molecular complexity index is 759. The van der Waals surface area contributed by atoms with Crippen LogP contribution in [0.25, 0.3) is 0 Å². The van der Waals surface area contributed by atoms with Crippen molar-refractivity contribution in [2.24, 2.45) is 0 Å². The highest BCUT2D eigenvalue weighted by Crippen LogP contribution is 2.26. The quantitative estimate of drug-likeness (QED) is 0.941. The second-order valence-electron chi connectivity index (χ2n) is 5.66. The number of Topliss-reactive ketones (excluding diaryl/α,β-unsaturated/α-hetero) is 1. The summed E-state index contributed by atoms with van der Waals surface area (Å²) in [5, 5.41) is 18.9. The van der Waals surface area contributed by atoms with E-state index in [2.05, 4.69) is 0 Å². The molecule has 3 rings (SSSR count). The van der Waals surface area contributed by atoms with Crippen molar-refractivity contribution < 1.29 is 14.6 Å². The van der Waals surface area contributed by atoms with Gasteiger partial charge in [-0.15, -0.1) is 0 Å². The highest BCUT2D eigenvalue weighted by atomic mass is 16.5. The van der Waals surface area contributed by atoms with Gasteiger partial charge in [0.05, 0.1) is 11.6 Å². The summed E-state index contributed by atoms with van der Waals surface area (Å²) in [4.78, 5) is 11.8. The average molecular weight is 307 g/mol. The van der Waals surface area contributed by atoms with Crippen LogP contribution in [0.15, 0.2) is 42.5 Å². The minimum Gasteiger partial charge on any atom is -0.491 e. The van der Waals surface area contributed by atoms with Crippen molar-refractivity contribution in [1.82, 2.24) is 0 Å². The average Bonchev–Trinajstić information content (AvgIpc) is 2.60. The van der Waals surface area contributed by atoms with Crippen molar-refractivity contribution in [3.63, 3.8) is 0 Å². The van der Waals surface area contributed by atoms with Crippen LogP contribution in [0.5, 0.6) is 5.75 Å². The van der Waals surface area contributed by atoms with Crippen LogP contribution in [-0.2, 0) is 6.42 Å². The highest BCUT2D eigenvalue weighted by Gasteiger charge is 2.17. The van der Waals surface area contributed by atoms with Gasteiger partial charge in [-0.05, 0) is 54.3 Å². The van der Waals surface area contributed by atoms with Crippen LogP contribution in [-0.4, -0.2) is 17.5 Å². The predicted molar refractivity (Wildman–Crippen MR) is 85.3 cm³/mol. The van der Waals surface area contributed by atoms with Gasteiger partial charge in [0, 0.05) is 12.0 Å². The zero-order chi connectivity index (χ0) is 16.2. The van der Waals surface area contributed by atoms with E-state index in [0.29, 0.717) is 23.3 Å². The molecule has 0 saturated heterocycles. The molecule has 4 heteroatoms. The molecule has 0 aromatic heterocycles. The number of carbonyl (C=O) groups is 1. The topological polar surface area (TPSA) is 70.3 Å². The molecule has 1 aliphatic rings. The van der Waals surface area contributed by atoms with Crippen molar-refractivity contribution in [1.29, 1.82) is 5.26 Å².